The Kier molecular flexibility index (Phi) is 3.08. The highest BCUT2D eigenvalue weighted by Crippen LogP contribution is 2.25. The number of carbonyl (C=O) groups is 2. The molecular weight excluding hydrogens is 158 g/mol. The van der Waals surface area contributed by atoms with Gasteiger partial charge in [0, 0.05) is 5.92 Å². The van der Waals surface area contributed by atoms with Gasteiger partial charge in [0.25, 0.3) is 0 Å². The van der Waals surface area contributed by atoms with Crippen molar-refractivity contribution in [2.24, 2.45) is 5.92 Å². The minimum Gasteiger partial charge on any atom is -0.468 e. The molecule has 68 valence electrons. The summed E-state index contributed by atoms with van der Waals surface area (Å²) in [5, 5.41) is 2.52. The molecule has 0 aromatic carbocycles. The Morgan fingerprint density at radius 3 is 2.58 bits per heavy atom. The van der Waals surface area contributed by atoms with Crippen LogP contribution in [-0.4, -0.2) is 25.5 Å². The molecule has 1 aliphatic carbocycles. The van der Waals surface area contributed by atoms with E-state index in [9.17, 15) is 9.59 Å². The maximum atomic E-state index is 11.1. The van der Waals surface area contributed by atoms with Crippen LogP contribution in [0.4, 0.5) is 0 Å². The Balaban J connectivity index is 2.13. The average molecular weight is 171 g/mol. The fourth-order valence-electron chi connectivity index (χ4n) is 1.05. The van der Waals surface area contributed by atoms with Crippen molar-refractivity contribution in [3.63, 3.8) is 0 Å². The molecule has 1 N–H and O–H groups in total. The molecule has 1 amide bonds. The van der Waals surface area contributed by atoms with Gasteiger partial charge in [-0.25, -0.2) is 0 Å². The van der Waals surface area contributed by atoms with Crippen LogP contribution in [0, 0.1) is 5.92 Å². The van der Waals surface area contributed by atoms with Crippen LogP contribution >= 0.6 is 0 Å². The van der Waals surface area contributed by atoms with Crippen molar-refractivity contribution >= 4 is 11.9 Å². The zero-order chi connectivity index (χ0) is 8.97. The lowest BCUT2D eigenvalue weighted by atomic mass is 9.85. The molecular formula is C8H13NO3. The maximum absolute atomic E-state index is 11.1. The number of ether oxygens (including phenoxy) is 1. The first-order valence-corrected chi connectivity index (χ1v) is 4.08. The van der Waals surface area contributed by atoms with Gasteiger partial charge in [-0.15, -0.1) is 0 Å². The minimum atomic E-state index is -0.400. The highest BCUT2D eigenvalue weighted by Gasteiger charge is 2.25. The summed E-state index contributed by atoms with van der Waals surface area (Å²) in [5.74, 6) is -0.288. The minimum absolute atomic E-state index is 0.00810. The second-order valence-corrected chi connectivity index (χ2v) is 2.92. The second kappa shape index (κ2) is 4.09. The van der Waals surface area contributed by atoms with Crippen LogP contribution < -0.4 is 5.32 Å². The second-order valence-electron chi connectivity index (χ2n) is 2.92. The summed E-state index contributed by atoms with van der Waals surface area (Å²) < 4.78 is 4.38. The van der Waals surface area contributed by atoms with Crippen LogP contribution in [0.1, 0.15) is 19.3 Å². The van der Waals surface area contributed by atoms with Crippen molar-refractivity contribution in [2.45, 2.75) is 19.3 Å². The molecule has 4 heteroatoms. The molecule has 0 heterocycles. The van der Waals surface area contributed by atoms with E-state index < -0.39 is 5.97 Å². The fourth-order valence-corrected chi connectivity index (χ4v) is 1.05. The zero-order valence-corrected chi connectivity index (χ0v) is 7.13. The van der Waals surface area contributed by atoms with Crippen molar-refractivity contribution in [3.8, 4) is 0 Å². The summed E-state index contributed by atoms with van der Waals surface area (Å²) in [5.41, 5.74) is 0. The van der Waals surface area contributed by atoms with Crippen LogP contribution in [0.5, 0.6) is 0 Å². The van der Waals surface area contributed by atoms with Crippen molar-refractivity contribution in [1.29, 1.82) is 0 Å². The number of hydrogen-bond donors (Lipinski definition) is 1. The lowest BCUT2D eigenvalue weighted by molar-refractivity contribution is -0.142. The molecule has 1 rings (SSSR count). The van der Waals surface area contributed by atoms with E-state index in [1.807, 2.05) is 0 Å². The number of methoxy groups -OCH3 is 1. The topological polar surface area (TPSA) is 55.4 Å². The first-order chi connectivity index (χ1) is 5.74. The summed E-state index contributed by atoms with van der Waals surface area (Å²) in [6.07, 6.45) is 3.02. The van der Waals surface area contributed by atoms with Crippen LogP contribution in [0.2, 0.25) is 0 Å². The maximum Gasteiger partial charge on any atom is 0.325 e. The largest absolute Gasteiger partial charge is 0.468 e. The third-order valence-corrected chi connectivity index (χ3v) is 2.11. The molecule has 0 saturated heterocycles. The first kappa shape index (κ1) is 9.03. The van der Waals surface area contributed by atoms with Gasteiger partial charge in [-0.1, -0.05) is 6.42 Å². The van der Waals surface area contributed by atoms with Gasteiger partial charge in [-0.3, -0.25) is 9.59 Å². The van der Waals surface area contributed by atoms with Gasteiger partial charge < -0.3 is 10.1 Å². The van der Waals surface area contributed by atoms with Crippen molar-refractivity contribution < 1.29 is 14.3 Å². The summed E-state index contributed by atoms with van der Waals surface area (Å²) >= 11 is 0. The standard InChI is InChI=1S/C8H13NO3/c1-12-7(10)5-9-8(11)6-3-2-4-6/h6H,2-5H2,1H3,(H,9,11). The van der Waals surface area contributed by atoms with Crippen LogP contribution in [0.15, 0.2) is 0 Å². The van der Waals surface area contributed by atoms with Gasteiger partial charge in [0.15, 0.2) is 0 Å². The number of esters is 1. The molecule has 1 fully saturated rings. The lowest BCUT2D eigenvalue weighted by Crippen LogP contribution is -2.37. The van der Waals surface area contributed by atoms with Gasteiger partial charge in [0.1, 0.15) is 6.54 Å². The summed E-state index contributed by atoms with van der Waals surface area (Å²) in [4.78, 5) is 21.7. The molecule has 0 aromatic heterocycles. The predicted octanol–water partition coefficient (Wildman–Crippen LogP) is 0.0757. The van der Waals surface area contributed by atoms with E-state index in [1.165, 1.54) is 7.11 Å². The van der Waals surface area contributed by atoms with Gasteiger partial charge in [0.05, 0.1) is 7.11 Å². The van der Waals surface area contributed by atoms with E-state index in [1.54, 1.807) is 0 Å². The van der Waals surface area contributed by atoms with Gasteiger partial charge in [-0.2, -0.15) is 0 Å². The first-order valence-electron chi connectivity index (χ1n) is 4.08. The number of nitrogens with one attached hydrogen (secondary N) is 1. The Labute approximate surface area is 71.3 Å². The lowest BCUT2D eigenvalue weighted by Gasteiger charge is -2.23. The van der Waals surface area contributed by atoms with Crippen LogP contribution in [-0.2, 0) is 14.3 Å². The third-order valence-electron chi connectivity index (χ3n) is 2.11. The zero-order valence-electron chi connectivity index (χ0n) is 7.13. The van der Waals surface area contributed by atoms with Crippen LogP contribution in [0.25, 0.3) is 0 Å². The van der Waals surface area contributed by atoms with Gasteiger partial charge in [-0.05, 0) is 12.8 Å². The van der Waals surface area contributed by atoms with Gasteiger partial charge >= 0.3 is 5.97 Å². The van der Waals surface area contributed by atoms with E-state index in [2.05, 4.69) is 10.1 Å². The van der Waals surface area contributed by atoms with Crippen molar-refractivity contribution in [2.75, 3.05) is 13.7 Å². The molecule has 4 nitrogen and oxygen atoms in total. The van der Waals surface area contributed by atoms with E-state index in [-0.39, 0.29) is 18.4 Å². The normalized spacial score (nSPS) is 16.4. The third kappa shape index (κ3) is 2.22. The summed E-state index contributed by atoms with van der Waals surface area (Å²) in [7, 11) is 1.30. The number of hydrogen-bond acceptors (Lipinski definition) is 3. The molecule has 0 unspecified atom stereocenters. The van der Waals surface area contributed by atoms with E-state index in [0.29, 0.717) is 0 Å². The quantitative estimate of drug-likeness (QED) is 0.611. The van der Waals surface area contributed by atoms with Crippen molar-refractivity contribution in [1.82, 2.24) is 5.32 Å². The summed E-state index contributed by atoms with van der Waals surface area (Å²) in [6, 6.07) is 0. The predicted molar refractivity (Wildman–Crippen MR) is 42.4 cm³/mol. The van der Waals surface area contributed by atoms with E-state index in [4.69, 9.17) is 0 Å². The van der Waals surface area contributed by atoms with Crippen LogP contribution in [0.3, 0.4) is 0 Å². The molecule has 1 saturated carbocycles. The highest BCUT2D eigenvalue weighted by atomic mass is 16.5. The number of rotatable bonds is 3. The highest BCUT2D eigenvalue weighted by molar-refractivity contribution is 5.83. The molecule has 12 heavy (non-hydrogen) atoms. The molecule has 1 aliphatic rings. The Morgan fingerprint density at radius 2 is 2.17 bits per heavy atom. The monoisotopic (exact) mass is 171 g/mol. The fraction of sp³-hybridized carbons (Fsp3) is 0.750. The van der Waals surface area contributed by atoms with Crippen molar-refractivity contribution in [3.05, 3.63) is 0 Å². The number of carbonyl (C=O) groups excluding carboxylic acids is 2. The average Bonchev–Trinajstić information content (AvgIpc) is 1.97. The molecule has 0 bridgehead atoms. The molecule has 0 aromatic rings. The number of amides is 1. The SMILES string of the molecule is COC(=O)CNC(=O)C1CCC1. The molecule has 0 atom stereocenters. The summed E-state index contributed by atoms with van der Waals surface area (Å²) in [6.45, 7) is -0.00810. The van der Waals surface area contributed by atoms with E-state index in [0.717, 1.165) is 19.3 Å². The smallest absolute Gasteiger partial charge is 0.325 e. The van der Waals surface area contributed by atoms with E-state index >= 15 is 0 Å². The Morgan fingerprint density at radius 1 is 1.50 bits per heavy atom. The Bertz CT molecular complexity index is 187. The molecule has 0 radical (unpaired) electrons. The van der Waals surface area contributed by atoms with Gasteiger partial charge in [0.2, 0.25) is 5.91 Å². The molecule has 0 aliphatic heterocycles. The Hall–Kier alpha value is -1.06. The molecule has 0 spiro atoms.